The fourth-order valence-corrected chi connectivity index (χ4v) is 2.52. The van der Waals surface area contributed by atoms with E-state index in [2.05, 4.69) is 10.6 Å². The lowest BCUT2D eigenvalue weighted by Crippen LogP contribution is -2.57. The minimum Gasteiger partial charge on any atom is -0.466 e. The number of halogens is 1. The van der Waals surface area contributed by atoms with Crippen molar-refractivity contribution in [2.24, 2.45) is 0 Å². The quantitative estimate of drug-likeness (QED) is 0.713. The van der Waals surface area contributed by atoms with Crippen LogP contribution in [0.15, 0.2) is 24.3 Å². The van der Waals surface area contributed by atoms with Gasteiger partial charge in [0, 0.05) is 18.8 Å². The molecule has 1 heterocycles. The van der Waals surface area contributed by atoms with Crippen LogP contribution < -0.4 is 10.6 Å². The van der Waals surface area contributed by atoms with Crippen molar-refractivity contribution in [1.82, 2.24) is 10.2 Å². The van der Waals surface area contributed by atoms with Crippen molar-refractivity contribution in [3.05, 3.63) is 30.1 Å². The number of hydrogen-bond acceptors (Lipinski definition) is 5. The maximum Gasteiger partial charge on any atom is 0.307 e. The van der Waals surface area contributed by atoms with Crippen LogP contribution in [-0.4, -0.2) is 55.0 Å². The van der Waals surface area contributed by atoms with Gasteiger partial charge in [-0.05, 0) is 30.7 Å². The second kappa shape index (κ2) is 9.12. The van der Waals surface area contributed by atoms with E-state index < -0.39 is 17.8 Å². The van der Waals surface area contributed by atoms with E-state index in [0.717, 1.165) is 0 Å². The first-order chi connectivity index (χ1) is 12.0. The first-order valence-corrected chi connectivity index (χ1v) is 8.22. The Balaban J connectivity index is 1.94. The molecule has 2 N–H and O–H groups in total. The van der Waals surface area contributed by atoms with Gasteiger partial charge in [0.1, 0.15) is 11.9 Å². The van der Waals surface area contributed by atoms with Crippen LogP contribution in [-0.2, 0) is 19.1 Å². The maximum absolute atomic E-state index is 12.9. The summed E-state index contributed by atoms with van der Waals surface area (Å²) in [4.78, 5) is 37.7. The van der Waals surface area contributed by atoms with Crippen LogP contribution in [0.1, 0.15) is 19.8 Å². The predicted molar refractivity (Wildman–Crippen MR) is 89.3 cm³/mol. The number of nitrogens with one attached hydrogen (secondary N) is 2. The average molecular weight is 351 g/mol. The van der Waals surface area contributed by atoms with Gasteiger partial charge in [-0.2, -0.15) is 0 Å². The molecule has 1 unspecified atom stereocenters. The molecule has 25 heavy (non-hydrogen) atoms. The SMILES string of the molecule is CCCOC(=O)CC1C(=O)NCCN1CC(=O)Nc1ccc(F)cc1. The third-order valence-corrected chi connectivity index (χ3v) is 3.74. The van der Waals surface area contributed by atoms with Crippen molar-refractivity contribution in [1.29, 1.82) is 0 Å². The number of benzene rings is 1. The molecule has 2 amide bonds. The van der Waals surface area contributed by atoms with Crippen molar-refractivity contribution in [3.8, 4) is 0 Å². The van der Waals surface area contributed by atoms with E-state index in [-0.39, 0.29) is 24.8 Å². The molecule has 1 aliphatic heterocycles. The summed E-state index contributed by atoms with van der Waals surface area (Å²) >= 11 is 0. The number of amides is 2. The first-order valence-electron chi connectivity index (χ1n) is 8.22. The molecule has 0 saturated carbocycles. The van der Waals surface area contributed by atoms with Crippen molar-refractivity contribution in [3.63, 3.8) is 0 Å². The lowest BCUT2D eigenvalue weighted by atomic mass is 10.1. The minimum absolute atomic E-state index is 0.0451. The van der Waals surface area contributed by atoms with Gasteiger partial charge in [-0.25, -0.2) is 4.39 Å². The number of rotatable bonds is 7. The standard InChI is InChI=1S/C17H22FN3O4/c1-2-9-25-16(23)10-14-17(24)19-7-8-21(14)11-15(22)20-13-5-3-12(18)4-6-13/h3-6,14H,2,7-11H2,1H3,(H,19,24)(H,20,22). The molecular formula is C17H22FN3O4. The number of piperazine rings is 1. The Morgan fingerprint density at radius 2 is 2.08 bits per heavy atom. The molecule has 136 valence electrons. The fourth-order valence-electron chi connectivity index (χ4n) is 2.52. The largest absolute Gasteiger partial charge is 0.466 e. The third-order valence-electron chi connectivity index (χ3n) is 3.74. The minimum atomic E-state index is -0.739. The average Bonchev–Trinajstić information content (AvgIpc) is 2.58. The zero-order valence-electron chi connectivity index (χ0n) is 14.1. The van der Waals surface area contributed by atoms with Gasteiger partial charge in [0.05, 0.1) is 19.6 Å². The van der Waals surface area contributed by atoms with Gasteiger partial charge in [-0.1, -0.05) is 6.92 Å². The molecule has 1 atom stereocenters. The predicted octanol–water partition coefficient (Wildman–Crippen LogP) is 0.908. The highest BCUT2D eigenvalue weighted by molar-refractivity contribution is 5.93. The first kappa shape index (κ1) is 18.9. The van der Waals surface area contributed by atoms with E-state index in [9.17, 15) is 18.8 Å². The van der Waals surface area contributed by atoms with Crippen molar-refractivity contribution < 1.29 is 23.5 Å². The summed E-state index contributed by atoms with van der Waals surface area (Å²) in [5.74, 6) is -1.49. The lowest BCUT2D eigenvalue weighted by Gasteiger charge is -2.33. The Bertz CT molecular complexity index is 621. The number of nitrogens with zero attached hydrogens (tertiary/aromatic N) is 1. The van der Waals surface area contributed by atoms with Crippen LogP contribution in [0, 0.1) is 5.82 Å². The second-order valence-electron chi connectivity index (χ2n) is 5.76. The van der Waals surface area contributed by atoms with E-state index >= 15 is 0 Å². The van der Waals surface area contributed by atoms with E-state index in [4.69, 9.17) is 4.74 Å². The fraction of sp³-hybridized carbons (Fsp3) is 0.471. The van der Waals surface area contributed by atoms with E-state index in [1.165, 1.54) is 24.3 Å². The number of carbonyl (C=O) groups excluding carboxylic acids is 3. The molecular weight excluding hydrogens is 329 g/mol. The molecule has 0 aromatic heterocycles. The van der Waals surface area contributed by atoms with Crippen LogP contribution in [0.2, 0.25) is 0 Å². The van der Waals surface area contributed by atoms with E-state index in [1.54, 1.807) is 4.90 Å². The molecule has 1 fully saturated rings. The summed E-state index contributed by atoms with van der Waals surface area (Å²) in [6.07, 6.45) is 0.599. The highest BCUT2D eigenvalue weighted by Gasteiger charge is 2.33. The summed E-state index contributed by atoms with van der Waals surface area (Å²) in [5, 5.41) is 5.34. The van der Waals surface area contributed by atoms with Crippen LogP contribution >= 0.6 is 0 Å². The van der Waals surface area contributed by atoms with Gasteiger partial charge in [-0.15, -0.1) is 0 Å². The molecule has 0 aliphatic carbocycles. The molecule has 1 aromatic carbocycles. The monoisotopic (exact) mass is 351 g/mol. The number of hydrogen-bond donors (Lipinski definition) is 2. The summed E-state index contributed by atoms with van der Waals surface area (Å²) in [5.41, 5.74) is 0.465. The highest BCUT2D eigenvalue weighted by Crippen LogP contribution is 2.12. The van der Waals surface area contributed by atoms with Gasteiger partial charge in [0.15, 0.2) is 0 Å². The Labute approximate surface area is 145 Å². The van der Waals surface area contributed by atoms with Gasteiger partial charge >= 0.3 is 5.97 Å². The molecule has 0 radical (unpaired) electrons. The van der Waals surface area contributed by atoms with E-state index in [1.807, 2.05) is 6.92 Å². The lowest BCUT2D eigenvalue weighted by molar-refractivity contribution is -0.148. The molecule has 1 saturated heterocycles. The molecule has 0 bridgehead atoms. The van der Waals surface area contributed by atoms with Crippen molar-refractivity contribution in [2.45, 2.75) is 25.8 Å². The number of ether oxygens (including phenoxy) is 1. The zero-order valence-corrected chi connectivity index (χ0v) is 14.1. The summed E-state index contributed by atoms with van der Waals surface area (Å²) in [6.45, 7) is 3.00. The van der Waals surface area contributed by atoms with Crippen LogP contribution in [0.4, 0.5) is 10.1 Å². The van der Waals surface area contributed by atoms with Crippen molar-refractivity contribution in [2.75, 3.05) is 31.6 Å². The van der Waals surface area contributed by atoms with Crippen LogP contribution in [0.3, 0.4) is 0 Å². The molecule has 2 rings (SSSR count). The van der Waals surface area contributed by atoms with Gasteiger partial charge in [0.2, 0.25) is 11.8 Å². The Kier molecular flexibility index (Phi) is 6.88. The zero-order chi connectivity index (χ0) is 18.2. The number of esters is 1. The van der Waals surface area contributed by atoms with Crippen LogP contribution in [0.5, 0.6) is 0 Å². The third kappa shape index (κ3) is 5.82. The summed E-state index contributed by atoms with van der Waals surface area (Å²) < 4.78 is 17.9. The van der Waals surface area contributed by atoms with Gasteiger partial charge in [0.25, 0.3) is 0 Å². The van der Waals surface area contributed by atoms with Gasteiger partial charge in [-0.3, -0.25) is 19.3 Å². The molecule has 7 nitrogen and oxygen atoms in total. The molecule has 1 aliphatic rings. The second-order valence-corrected chi connectivity index (χ2v) is 5.76. The molecule has 8 heteroatoms. The molecule has 1 aromatic rings. The highest BCUT2D eigenvalue weighted by atomic mass is 19.1. The number of anilines is 1. The molecule has 0 spiro atoms. The smallest absolute Gasteiger partial charge is 0.307 e. The van der Waals surface area contributed by atoms with Crippen LogP contribution in [0.25, 0.3) is 0 Å². The Morgan fingerprint density at radius 3 is 2.76 bits per heavy atom. The number of carbonyl (C=O) groups is 3. The summed E-state index contributed by atoms with van der Waals surface area (Å²) in [6, 6.07) is 4.66. The Hall–Kier alpha value is -2.48. The maximum atomic E-state index is 12.9. The van der Waals surface area contributed by atoms with E-state index in [0.29, 0.717) is 31.8 Å². The topological polar surface area (TPSA) is 87.7 Å². The van der Waals surface area contributed by atoms with Gasteiger partial charge < -0.3 is 15.4 Å². The van der Waals surface area contributed by atoms with Crippen molar-refractivity contribution >= 4 is 23.5 Å². The summed E-state index contributed by atoms with van der Waals surface area (Å²) in [7, 11) is 0. The normalized spacial score (nSPS) is 17.7. The Morgan fingerprint density at radius 1 is 1.36 bits per heavy atom.